The summed E-state index contributed by atoms with van der Waals surface area (Å²) in [7, 11) is 0. The molecule has 0 unspecified atom stereocenters. The van der Waals surface area contributed by atoms with Crippen molar-refractivity contribution in [1.29, 1.82) is 5.26 Å². The first-order chi connectivity index (χ1) is 14.6. The highest BCUT2D eigenvalue weighted by Crippen LogP contribution is 2.34. The van der Waals surface area contributed by atoms with Crippen molar-refractivity contribution in [2.45, 2.75) is 142 Å². The summed E-state index contributed by atoms with van der Waals surface area (Å²) >= 11 is 0. The minimum absolute atomic E-state index is 0.430. The van der Waals surface area contributed by atoms with Gasteiger partial charge in [-0.3, -0.25) is 4.90 Å². The van der Waals surface area contributed by atoms with E-state index >= 15 is 0 Å². The van der Waals surface area contributed by atoms with Crippen LogP contribution in [0.3, 0.4) is 0 Å². The van der Waals surface area contributed by atoms with Gasteiger partial charge in [0.15, 0.2) is 6.04 Å². The summed E-state index contributed by atoms with van der Waals surface area (Å²) in [4.78, 5) is 14.1. The highest BCUT2D eigenvalue weighted by atomic mass is 16.6. The normalized spacial score (nSPS) is 20.9. The summed E-state index contributed by atoms with van der Waals surface area (Å²) in [5.41, 5.74) is -1.50. The largest absolute Gasteiger partial charge is 0.444 e. The van der Waals surface area contributed by atoms with Crippen LogP contribution >= 0.6 is 0 Å². The average Bonchev–Trinajstić information content (AvgIpc) is 2.93. The number of unbranched alkanes of at least 4 members (excludes halogenated alkanes) is 11. The number of allylic oxidation sites excluding steroid dienone is 1. The van der Waals surface area contributed by atoms with E-state index < -0.39 is 29.6 Å². The number of carbonyl (C=O) groups is 1. The summed E-state index contributed by atoms with van der Waals surface area (Å²) in [6.07, 6.45) is 18.7. The molecule has 5 nitrogen and oxygen atoms in total. The van der Waals surface area contributed by atoms with Crippen LogP contribution in [0.5, 0.6) is 0 Å². The molecule has 0 aromatic rings. The van der Waals surface area contributed by atoms with Crippen LogP contribution in [0.1, 0.15) is 119 Å². The molecule has 0 N–H and O–H groups in total. The fourth-order valence-corrected chi connectivity index (χ4v) is 4.01. The first-order valence-corrected chi connectivity index (χ1v) is 12.4. The molecular weight excluding hydrogens is 388 g/mol. The maximum Gasteiger partial charge on any atom is 0.413 e. The zero-order valence-corrected chi connectivity index (χ0v) is 20.9. The maximum absolute atomic E-state index is 12.6. The third-order valence-corrected chi connectivity index (χ3v) is 5.62. The number of hydrogen-bond donors (Lipinski definition) is 0. The number of hydrogen-bond acceptors (Lipinski definition) is 4. The number of nitriles is 1. The van der Waals surface area contributed by atoms with Crippen LogP contribution in [-0.2, 0) is 9.47 Å². The smallest absolute Gasteiger partial charge is 0.413 e. The van der Waals surface area contributed by atoms with E-state index in [1.165, 1.54) is 69.1 Å². The molecule has 0 aromatic heterocycles. The molecule has 1 saturated heterocycles. The maximum atomic E-state index is 12.6. The van der Waals surface area contributed by atoms with Crippen LogP contribution in [0.25, 0.3) is 0 Å². The van der Waals surface area contributed by atoms with Crippen LogP contribution in [0.15, 0.2) is 12.2 Å². The Labute approximate surface area is 191 Å². The van der Waals surface area contributed by atoms with Crippen molar-refractivity contribution in [3.63, 3.8) is 0 Å². The second-order valence-corrected chi connectivity index (χ2v) is 10.2. The van der Waals surface area contributed by atoms with Crippen LogP contribution in [0.4, 0.5) is 4.79 Å². The van der Waals surface area contributed by atoms with Gasteiger partial charge in [0, 0.05) is 0 Å². The predicted octanol–water partition coefficient (Wildman–Crippen LogP) is 7.51. The molecule has 0 saturated carbocycles. The molecule has 0 spiro atoms. The Hall–Kier alpha value is -1.54. The second-order valence-electron chi connectivity index (χ2n) is 10.2. The first kappa shape index (κ1) is 27.5. The fourth-order valence-electron chi connectivity index (χ4n) is 4.01. The van der Waals surface area contributed by atoms with Gasteiger partial charge in [0.05, 0.1) is 6.07 Å². The Morgan fingerprint density at radius 3 is 2.03 bits per heavy atom. The van der Waals surface area contributed by atoms with Gasteiger partial charge in [-0.25, -0.2) is 4.79 Å². The monoisotopic (exact) mass is 434 g/mol. The van der Waals surface area contributed by atoms with Gasteiger partial charge < -0.3 is 9.47 Å². The standard InChI is InChI=1S/C26H46N2O3/c1-7-8-9-10-11-12-13-14-15-16-17-18-19-20-23-22(21-27)28(26(5,6)30-23)24(29)31-25(2,3)4/h19-20,22-23H,7-18H2,1-6H3/t22-,23+/m0/s1. The van der Waals surface area contributed by atoms with Gasteiger partial charge >= 0.3 is 6.09 Å². The van der Waals surface area contributed by atoms with Gasteiger partial charge in [-0.05, 0) is 47.5 Å². The highest BCUT2D eigenvalue weighted by Gasteiger charge is 2.50. The summed E-state index contributed by atoms with van der Waals surface area (Å²) < 4.78 is 11.5. The molecule has 1 aliphatic rings. The quantitative estimate of drug-likeness (QED) is 0.222. The number of nitrogens with zero attached hydrogens (tertiary/aromatic N) is 2. The van der Waals surface area contributed by atoms with Crippen LogP contribution in [0, 0.1) is 11.3 Å². The average molecular weight is 435 g/mol. The molecule has 31 heavy (non-hydrogen) atoms. The third kappa shape index (κ3) is 10.5. The van der Waals surface area contributed by atoms with Crippen LogP contribution < -0.4 is 0 Å². The molecule has 2 atom stereocenters. The Kier molecular flexibility index (Phi) is 12.2. The predicted molar refractivity (Wildman–Crippen MR) is 127 cm³/mol. The molecule has 178 valence electrons. The minimum atomic E-state index is -0.881. The van der Waals surface area contributed by atoms with E-state index in [0.717, 1.165) is 12.8 Å². The molecule has 1 amide bonds. The minimum Gasteiger partial charge on any atom is -0.444 e. The molecule has 5 heteroatoms. The van der Waals surface area contributed by atoms with Gasteiger partial charge in [0.1, 0.15) is 17.4 Å². The second kappa shape index (κ2) is 13.8. The first-order valence-electron chi connectivity index (χ1n) is 12.4. The van der Waals surface area contributed by atoms with Crippen molar-refractivity contribution in [3.8, 4) is 6.07 Å². The van der Waals surface area contributed by atoms with Gasteiger partial charge in [0.25, 0.3) is 0 Å². The van der Waals surface area contributed by atoms with Crippen LogP contribution in [0.2, 0.25) is 0 Å². The SMILES string of the molecule is CCCCCCCCCCCCCC=C[C@H]1OC(C)(C)N(C(=O)OC(C)(C)C)[C@H]1C#N. The van der Waals surface area contributed by atoms with Crippen molar-refractivity contribution in [2.75, 3.05) is 0 Å². The molecular formula is C26H46N2O3. The van der Waals surface area contributed by atoms with Crippen molar-refractivity contribution >= 4 is 6.09 Å². The topological polar surface area (TPSA) is 62.6 Å². The molecule has 0 radical (unpaired) electrons. The summed E-state index contributed by atoms with van der Waals surface area (Å²) in [6, 6.07) is 1.55. The van der Waals surface area contributed by atoms with Gasteiger partial charge in [-0.2, -0.15) is 5.26 Å². The summed E-state index contributed by atoms with van der Waals surface area (Å²) in [5, 5.41) is 9.68. The lowest BCUT2D eigenvalue weighted by Crippen LogP contribution is -2.49. The molecule has 0 aromatic carbocycles. The number of rotatable bonds is 13. The molecule has 1 aliphatic heterocycles. The van der Waals surface area contributed by atoms with E-state index in [4.69, 9.17) is 9.47 Å². The van der Waals surface area contributed by atoms with E-state index in [-0.39, 0.29) is 0 Å². The molecule has 0 bridgehead atoms. The lowest BCUT2D eigenvalue weighted by atomic mass is 10.0. The Balaban J connectivity index is 2.31. The summed E-state index contributed by atoms with van der Waals surface area (Å²) in [5.74, 6) is 0. The van der Waals surface area contributed by atoms with Gasteiger partial charge in [0.2, 0.25) is 0 Å². The molecule has 1 rings (SSSR count). The highest BCUT2D eigenvalue weighted by molar-refractivity contribution is 5.70. The van der Waals surface area contributed by atoms with Crippen molar-refractivity contribution < 1.29 is 14.3 Å². The van der Waals surface area contributed by atoms with Gasteiger partial charge in [-0.1, -0.05) is 83.3 Å². The van der Waals surface area contributed by atoms with Crippen molar-refractivity contribution in [3.05, 3.63) is 12.2 Å². The molecule has 0 aliphatic carbocycles. The van der Waals surface area contributed by atoms with Crippen molar-refractivity contribution in [1.82, 2.24) is 4.90 Å². The Morgan fingerprint density at radius 1 is 1.03 bits per heavy atom. The fraction of sp³-hybridized carbons (Fsp3) is 0.846. The lowest BCUT2D eigenvalue weighted by Gasteiger charge is -2.33. The zero-order valence-electron chi connectivity index (χ0n) is 20.9. The van der Waals surface area contributed by atoms with E-state index in [1.54, 1.807) is 13.8 Å². The van der Waals surface area contributed by atoms with Crippen molar-refractivity contribution in [2.24, 2.45) is 0 Å². The van der Waals surface area contributed by atoms with Gasteiger partial charge in [-0.15, -0.1) is 0 Å². The lowest BCUT2D eigenvalue weighted by molar-refractivity contribution is -0.0708. The van der Waals surface area contributed by atoms with E-state index in [9.17, 15) is 10.1 Å². The number of amides is 1. The summed E-state index contributed by atoms with van der Waals surface area (Å²) in [6.45, 7) is 11.3. The van der Waals surface area contributed by atoms with E-state index in [0.29, 0.717) is 0 Å². The molecule has 1 heterocycles. The Bertz CT molecular complexity index is 586. The van der Waals surface area contributed by atoms with E-state index in [2.05, 4.69) is 19.1 Å². The van der Waals surface area contributed by atoms with E-state index in [1.807, 2.05) is 26.8 Å². The number of ether oxygens (including phenoxy) is 2. The Morgan fingerprint density at radius 2 is 1.55 bits per heavy atom. The molecule has 1 fully saturated rings. The zero-order chi connectivity index (χ0) is 23.3. The third-order valence-electron chi connectivity index (χ3n) is 5.62. The van der Waals surface area contributed by atoms with Crippen LogP contribution in [-0.4, -0.2) is 34.5 Å². The number of carbonyl (C=O) groups excluding carboxylic acids is 1.